The number of halogens is 3. The maximum absolute atomic E-state index is 13.1. The minimum atomic E-state index is -5.08. The van der Waals surface area contributed by atoms with E-state index in [2.05, 4.69) is 21.4 Å². The number of nitrogens with zero attached hydrogens (tertiary/aromatic N) is 2. The normalized spacial score (nSPS) is 14.5. The Morgan fingerprint density at radius 2 is 1.59 bits per heavy atom. The molecule has 3 rings (SSSR count). The molecule has 0 radical (unpaired) electrons. The molecule has 0 saturated carbocycles. The van der Waals surface area contributed by atoms with Gasteiger partial charge in [-0.1, -0.05) is 19.1 Å². The van der Waals surface area contributed by atoms with E-state index in [-0.39, 0.29) is 10.5 Å². The summed E-state index contributed by atoms with van der Waals surface area (Å²) in [4.78, 5) is 25.1. The van der Waals surface area contributed by atoms with Gasteiger partial charge in [0.2, 0.25) is 0 Å². The second-order valence-corrected chi connectivity index (χ2v) is 10.2. The van der Waals surface area contributed by atoms with Crippen LogP contribution in [0.15, 0.2) is 41.3 Å². The van der Waals surface area contributed by atoms with Crippen molar-refractivity contribution in [3.05, 3.63) is 53.1 Å². The highest BCUT2D eigenvalue weighted by Crippen LogP contribution is 2.31. The van der Waals surface area contributed by atoms with Crippen molar-refractivity contribution < 1.29 is 41.4 Å². The lowest BCUT2D eigenvalue weighted by molar-refractivity contribution is -0.192. The van der Waals surface area contributed by atoms with Crippen molar-refractivity contribution in [1.82, 2.24) is 4.90 Å². The number of carbonyl (C=O) groups is 2. The van der Waals surface area contributed by atoms with E-state index < -0.39 is 28.1 Å². The van der Waals surface area contributed by atoms with Gasteiger partial charge in [-0.2, -0.15) is 13.2 Å². The maximum atomic E-state index is 13.1. The monoisotopic (exact) mass is 545 g/mol. The molecule has 3 N–H and O–H groups in total. The topological polar surface area (TPSA) is 127 Å². The number of nitrogens with one attached hydrogen (secondary N) is 1. The zero-order valence-corrected chi connectivity index (χ0v) is 21.5. The van der Waals surface area contributed by atoms with Crippen LogP contribution < -0.4 is 9.62 Å². The quantitative estimate of drug-likeness (QED) is 0.477. The van der Waals surface area contributed by atoms with Crippen molar-refractivity contribution in [3.63, 3.8) is 0 Å². The van der Waals surface area contributed by atoms with Crippen LogP contribution in [0.5, 0.6) is 0 Å². The minimum Gasteiger partial charge on any atom is -0.478 e. The molecule has 0 atom stereocenters. The van der Waals surface area contributed by atoms with E-state index >= 15 is 0 Å². The Hall–Kier alpha value is -3.32. The lowest BCUT2D eigenvalue weighted by atomic mass is 10.1. The second kappa shape index (κ2) is 12.3. The molecule has 1 fully saturated rings. The van der Waals surface area contributed by atoms with E-state index in [1.807, 2.05) is 13.0 Å². The van der Waals surface area contributed by atoms with E-state index in [4.69, 9.17) is 9.90 Å². The number of alkyl halides is 3. The highest BCUT2D eigenvalue weighted by molar-refractivity contribution is 7.92. The molecular formula is C24H30F3N3O6S. The molecule has 0 amide bonds. The van der Waals surface area contributed by atoms with Crippen molar-refractivity contribution in [2.75, 3.05) is 42.3 Å². The van der Waals surface area contributed by atoms with Crippen molar-refractivity contribution >= 4 is 33.3 Å². The Morgan fingerprint density at radius 3 is 2.11 bits per heavy atom. The molecule has 0 aromatic heterocycles. The van der Waals surface area contributed by atoms with Gasteiger partial charge in [0.05, 0.1) is 21.8 Å². The summed E-state index contributed by atoms with van der Waals surface area (Å²) in [6.45, 7) is 10.1. The Labute approximate surface area is 213 Å². The van der Waals surface area contributed by atoms with E-state index in [9.17, 15) is 31.5 Å². The zero-order chi connectivity index (χ0) is 28.0. The number of anilines is 2. The molecule has 0 unspecified atom stereocenters. The molecule has 1 aliphatic rings. The van der Waals surface area contributed by atoms with Gasteiger partial charge in [0.25, 0.3) is 10.0 Å². The summed E-state index contributed by atoms with van der Waals surface area (Å²) in [6, 6.07) is 9.87. The number of aromatic carboxylic acids is 1. The van der Waals surface area contributed by atoms with Crippen molar-refractivity contribution in [2.45, 2.75) is 38.3 Å². The third-order valence-electron chi connectivity index (χ3n) is 5.62. The summed E-state index contributed by atoms with van der Waals surface area (Å²) in [5.74, 6) is -3.85. The molecule has 2 aromatic rings. The van der Waals surface area contributed by atoms with Gasteiger partial charge < -0.3 is 15.1 Å². The fourth-order valence-corrected chi connectivity index (χ4v) is 5.15. The number of piperazine rings is 1. The summed E-state index contributed by atoms with van der Waals surface area (Å²) in [5.41, 5.74) is 2.51. The molecular weight excluding hydrogens is 515 g/mol. The van der Waals surface area contributed by atoms with E-state index in [1.54, 1.807) is 25.1 Å². The Morgan fingerprint density at radius 1 is 1.00 bits per heavy atom. The summed E-state index contributed by atoms with van der Waals surface area (Å²) in [6.07, 6.45) is -3.99. The molecule has 2 aromatic carbocycles. The van der Waals surface area contributed by atoms with E-state index in [0.29, 0.717) is 16.9 Å². The smallest absolute Gasteiger partial charge is 0.478 e. The fourth-order valence-electron chi connectivity index (χ4n) is 3.75. The van der Waals surface area contributed by atoms with Crippen LogP contribution in [0.4, 0.5) is 24.5 Å². The van der Waals surface area contributed by atoms with E-state index in [1.165, 1.54) is 12.1 Å². The molecule has 0 spiro atoms. The number of carboxylic acids is 2. The number of benzene rings is 2. The number of hydrogen-bond acceptors (Lipinski definition) is 6. The van der Waals surface area contributed by atoms with Gasteiger partial charge in [0, 0.05) is 26.2 Å². The predicted molar refractivity (Wildman–Crippen MR) is 133 cm³/mol. The maximum Gasteiger partial charge on any atom is 0.490 e. The first kappa shape index (κ1) is 29.9. The first-order valence-corrected chi connectivity index (χ1v) is 12.9. The zero-order valence-electron chi connectivity index (χ0n) is 20.7. The number of aliphatic carboxylic acids is 1. The van der Waals surface area contributed by atoms with Crippen LogP contribution in [-0.4, -0.2) is 74.4 Å². The Bertz CT molecular complexity index is 1230. The lowest BCUT2D eigenvalue weighted by Crippen LogP contribution is -2.46. The average Bonchev–Trinajstić information content (AvgIpc) is 2.81. The fraction of sp³-hybridized carbons (Fsp3) is 0.417. The molecule has 204 valence electrons. The van der Waals surface area contributed by atoms with Crippen molar-refractivity contribution in [1.29, 1.82) is 0 Å². The molecule has 9 nitrogen and oxygen atoms in total. The van der Waals surface area contributed by atoms with Crippen molar-refractivity contribution in [2.24, 2.45) is 0 Å². The van der Waals surface area contributed by atoms with Crippen LogP contribution in [0.25, 0.3) is 0 Å². The average molecular weight is 546 g/mol. The minimum absolute atomic E-state index is 0.0435. The standard InChI is InChI=1S/C22H29N3O4S.C2HF3O2/c1-4-9-24-10-12-25(13-11-24)20-8-7-18(22(26)27)15-19(20)23-30(28,29)21-14-16(2)5-6-17(21)3;3-2(4,5)1(6)7/h5-8,14-15,23H,4,9-13H2,1-3H3,(H,26,27);(H,6,7). The van der Waals surface area contributed by atoms with Gasteiger partial charge in [0.15, 0.2) is 0 Å². The van der Waals surface area contributed by atoms with Crippen LogP contribution in [-0.2, 0) is 14.8 Å². The molecule has 1 saturated heterocycles. The third kappa shape index (κ3) is 8.35. The van der Waals surface area contributed by atoms with E-state index in [0.717, 1.165) is 44.7 Å². The summed E-state index contributed by atoms with van der Waals surface area (Å²) < 4.78 is 60.7. The molecule has 1 aliphatic heterocycles. The molecule has 37 heavy (non-hydrogen) atoms. The number of aryl methyl sites for hydroxylation is 2. The highest BCUT2D eigenvalue weighted by Gasteiger charge is 2.38. The van der Waals surface area contributed by atoms with Gasteiger partial charge in [-0.3, -0.25) is 9.62 Å². The number of sulfonamides is 1. The van der Waals surface area contributed by atoms with Crippen LogP contribution in [0.3, 0.4) is 0 Å². The number of hydrogen-bond donors (Lipinski definition) is 3. The first-order chi connectivity index (χ1) is 17.2. The summed E-state index contributed by atoms with van der Waals surface area (Å²) in [5, 5.41) is 16.5. The SMILES string of the molecule is CCCN1CCN(c2ccc(C(=O)O)cc2NS(=O)(=O)c2cc(C)ccc2C)CC1.O=C(O)C(F)(F)F. The summed E-state index contributed by atoms with van der Waals surface area (Å²) >= 11 is 0. The van der Waals surface area contributed by atoms with Gasteiger partial charge in [0.1, 0.15) is 0 Å². The van der Waals surface area contributed by atoms with Crippen LogP contribution in [0, 0.1) is 13.8 Å². The van der Waals surface area contributed by atoms with Gasteiger partial charge in [-0.25, -0.2) is 18.0 Å². The predicted octanol–water partition coefficient (Wildman–Crippen LogP) is 3.97. The Balaban J connectivity index is 0.000000604. The Kier molecular flexibility index (Phi) is 9.93. The van der Waals surface area contributed by atoms with Crippen molar-refractivity contribution in [3.8, 4) is 0 Å². The second-order valence-electron chi connectivity index (χ2n) is 8.54. The van der Waals surface area contributed by atoms with Crippen LogP contribution in [0.1, 0.15) is 34.8 Å². The molecule has 0 aliphatic carbocycles. The first-order valence-electron chi connectivity index (χ1n) is 11.4. The largest absolute Gasteiger partial charge is 0.490 e. The lowest BCUT2D eigenvalue weighted by Gasteiger charge is -2.37. The van der Waals surface area contributed by atoms with Crippen LogP contribution >= 0.6 is 0 Å². The van der Waals surface area contributed by atoms with Gasteiger partial charge >= 0.3 is 18.1 Å². The molecule has 1 heterocycles. The van der Waals surface area contributed by atoms with Crippen LogP contribution in [0.2, 0.25) is 0 Å². The number of rotatable bonds is 7. The molecule has 13 heteroatoms. The van der Waals surface area contributed by atoms with Gasteiger partial charge in [-0.15, -0.1) is 0 Å². The molecule has 0 bridgehead atoms. The highest BCUT2D eigenvalue weighted by atomic mass is 32.2. The third-order valence-corrected chi connectivity index (χ3v) is 7.12. The number of carboxylic acid groups (broad SMARTS) is 2. The summed E-state index contributed by atoms with van der Waals surface area (Å²) in [7, 11) is -3.87. The van der Waals surface area contributed by atoms with Gasteiger partial charge in [-0.05, 0) is 62.2 Å².